The molecule has 4 heteroatoms. The van der Waals surface area contributed by atoms with Crippen molar-refractivity contribution in [1.29, 1.82) is 0 Å². The fourth-order valence-electron chi connectivity index (χ4n) is 2.76. The van der Waals surface area contributed by atoms with Gasteiger partial charge in [0.15, 0.2) is 5.41 Å². The molecular weight excluding hydrogens is 256 g/mol. The average molecular weight is 276 g/mol. The number of benzene rings is 1. The van der Waals surface area contributed by atoms with Gasteiger partial charge in [0, 0.05) is 6.42 Å². The highest BCUT2D eigenvalue weighted by molar-refractivity contribution is 6.02. The Hall–Kier alpha value is -1.84. The molecule has 0 aromatic heterocycles. The third kappa shape index (κ3) is 2.69. The van der Waals surface area contributed by atoms with Crippen molar-refractivity contribution in [3.63, 3.8) is 0 Å². The Kier molecular flexibility index (Phi) is 3.84. The second kappa shape index (κ2) is 5.27. The molecule has 1 fully saturated rings. The zero-order valence-electron chi connectivity index (χ0n) is 12.1. The van der Waals surface area contributed by atoms with Crippen LogP contribution in [0.4, 0.5) is 0 Å². The summed E-state index contributed by atoms with van der Waals surface area (Å²) in [6.07, 6.45) is 0.654. The van der Waals surface area contributed by atoms with Crippen LogP contribution in [-0.2, 0) is 25.5 Å². The molecule has 0 radical (unpaired) electrons. The van der Waals surface area contributed by atoms with Crippen LogP contribution in [-0.4, -0.2) is 24.1 Å². The monoisotopic (exact) mass is 276 g/mol. The lowest BCUT2D eigenvalue weighted by molar-refractivity contribution is -0.165. The molecule has 1 atom stereocenters. The fraction of sp³-hybridized carbons (Fsp3) is 0.500. The number of ether oxygens (including phenoxy) is 2. The molecule has 0 spiro atoms. The molecule has 2 rings (SSSR count). The number of carbonyl (C=O) groups is 2. The van der Waals surface area contributed by atoms with E-state index in [4.69, 9.17) is 9.47 Å². The summed E-state index contributed by atoms with van der Waals surface area (Å²) >= 11 is 0. The first-order valence-electron chi connectivity index (χ1n) is 6.84. The van der Waals surface area contributed by atoms with Gasteiger partial charge in [-0.1, -0.05) is 30.3 Å². The SMILES string of the molecule is CCOC(=O)[C@]1(Cc2ccccc2)CC(C)(C)OC1=O. The summed E-state index contributed by atoms with van der Waals surface area (Å²) in [5.41, 5.74) is -0.936. The van der Waals surface area contributed by atoms with Crippen molar-refractivity contribution in [3.8, 4) is 0 Å². The molecule has 0 saturated carbocycles. The van der Waals surface area contributed by atoms with Crippen LogP contribution in [0, 0.1) is 5.41 Å². The normalized spacial score (nSPS) is 24.2. The van der Waals surface area contributed by atoms with Crippen LogP contribution < -0.4 is 0 Å². The number of esters is 2. The molecule has 1 aromatic carbocycles. The molecule has 0 amide bonds. The third-order valence-corrected chi connectivity index (χ3v) is 3.50. The maximum absolute atomic E-state index is 12.3. The van der Waals surface area contributed by atoms with Gasteiger partial charge in [-0.15, -0.1) is 0 Å². The van der Waals surface area contributed by atoms with Crippen LogP contribution in [0.1, 0.15) is 32.8 Å². The van der Waals surface area contributed by atoms with Crippen molar-refractivity contribution < 1.29 is 19.1 Å². The largest absolute Gasteiger partial charge is 0.465 e. The van der Waals surface area contributed by atoms with Gasteiger partial charge >= 0.3 is 11.9 Å². The van der Waals surface area contributed by atoms with Crippen molar-refractivity contribution in [2.24, 2.45) is 5.41 Å². The molecule has 4 nitrogen and oxygen atoms in total. The summed E-state index contributed by atoms with van der Waals surface area (Å²) < 4.78 is 10.5. The quantitative estimate of drug-likeness (QED) is 0.626. The first-order valence-corrected chi connectivity index (χ1v) is 6.84. The number of hydrogen-bond donors (Lipinski definition) is 0. The number of hydrogen-bond acceptors (Lipinski definition) is 4. The van der Waals surface area contributed by atoms with E-state index in [2.05, 4.69) is 0 Å². The minimum Gasteiger partial charge on any atom is -0.465 e. The minimum atomic E-state index is -1.22. The Balaban J connectivity index is 2.35. The third-order valence-electron chi connectivity index (χ3n) is 3.50. The predicted octanol–water partition coefficient (Wildman–Crippen LogP) is 2.50. The lowest BCUT2D eigenvalue weighted by atomic mass is 9.76. The number of carbonyl (C=O) groups excluding carboxylic acids is 2. The average Bonchev–Trinajstić information content (AvgIpc) is 2.61. The van der Waals surface area contributed by atoms with Crippen molar-refractivity contribution >= 4 is 11.9 Å². The summed E-state index contributed by atoms with van der Waals surface area (Å²) in [6.45, 7) is 5.62. The van der Waals surface area contributed by atoms with E-state index in [-0.39, 0.29) is 6.61 Å². The molecule has 0 aliphatic carbocycles. The molecule has 1 heterocycles. The highest BCUT2D eigenvalue weighted by atomic mass is 16.6. The molecule has 0 unspecified atom stereocenters. The van der Waals surface area contributed by atoms with Gasteiger partial charge in [0.1, 0.15) is 5.60 Å². The first-order chi connectivity index (χ1) is 9.39. The van der Waals surface area contributed by atoms with Gasteiger partial charge in [-0.05, 0) is 32.8 Å². The van der Waals surface area contributed by atoms with Gasteiger partial charge in [-0.25, -0.2) is 0 Å². The molecule has 0 bridgehead atoms. The van der Waals surface area contributed by atoms with Crippen molar-refractivity contribution in [1.82, 2.24) is 0 Å². The summed E-state index contributed by atoms with van der Waals surface area (Å²) in [4.78, 5) is 24.7. The fourth-order valence-corrected chi connectivity index (χ4v) is 2.76. The Bertz CT molecular complexity index is 506. The van der Waals surface area contributed by atoms with Crippen LogP contribution in [0.2, 0.25) is 0 Å². The van der Waals surface area contributed by atoms with Crippen LogP contribution >= 0.6 is 0 Å². The van der Waals surface area contributed by atoms with Crippen LogP contribution in [0.5, 0.6) is 0 Å². The molecule has 1 saturated heterocycles. The van der Waals surface area contributed by atoms with Gasteiger partial charge in [0.05, 0.1) is 6.61 Å². The maximum atomic E-state index is 12.3. The summed E-state index contributed by atoms with van der Waals surface area (Å²) in [5.74, 6) is -0.968. The summed E-state index contributed by atoms with van der Waals surface area (Å²) in [6, 6.07) is 9.48. The number of cyclic esters (lactones) is 1. The van der Waals surface area contributed by atoms with E-state index in [1.165, 1.54) is 0 Å². The van der Waals surface area contributed by atoms with Gasteiger partial charge < -0.3 is 9.47 Å². The highest BCUT2D eigenvalue weighted by Crippen LogP contribution is 2.43. The Morgan fingerprint density at radius 3 is 2.45 bits per heavy atom. The highest BCUT2D eigenvalue weighted by Gasteiger charge is 2.58. The zero-order chi connectivity index (χ0) is 14.8. The van der Waals surface area contributed by atoms with E-state index in [0.717, 1.165) is 5.56 Å². The molecule has 0 N–H and O–H groups in total. The molecule has 108 valence electrons. The minimum absolute atomic E-state index is 0.253. The van der Waals surface area contributed by atoms with E-state index in [1.54, 1.807) is 6.92 Å². The second-order valence-corrected chi connectivity index (χ2v) is 5.79. The summed E-state index contributed by atoms with van der Waals surface area (Å²) in [5, 5.41) is 0. The van der Waals surface area contributed by atoms with Crippen LogP contribution in [0.25, 0.3) is 0 Å². The lowest BCUT2D eigenvalue weighted by Gasteiger charge is -2.23. The summed E-state index contributed by atoms with van der Waals surface area (Å²) in [7, 11) is 0. The van der Waals surface area contributed by atoms with Crippen LogP contribution in [0.3, 0.4) is 0 Å². The molecule has 20 heavy (non-hydrogen) atoms. The Labute approximate surface area is 119 Å². The maximum Gasteiger partial charge on any atom is 0.324 e. The van der Waals surface area contributed by atoms with E-state index in [0.29, 0.717) is 12.8 Å². The standard InChI is InChI=1S/C16H20O4/c1-4-19-13(17)16(10-12-8-6-5-7-9-12)11-15(2,3)20-14(16)18/h5-9H,4,10-11H2,1-3H3/t16-/m0/s1. The molecule has 1 aromatic rings. The van der Waals surface area contributed by atoms with Crippen molar-refractivity contribution in [2.45, 2.75) is 39.2 Å². The first kappa shape index (κ1) is 14.6. The van der Waals surface area contributed by atoms with Gasteiger partial charge in [0.2, 0.25) is 0 Å². The topological polar surface area (TPSA) is 52.6 Å². The van der Waals surface area contributed by atoms with E-state index in [9.17, 15) is 9.59 Å². The van der Waals surface area contributed by atoms with Crippen molar-refractivity contribution in [3.05, 3.63) is 35.9 Å². The number of rotatable bonds is 4. The smallest absolute Gasteiger partial charge is 0.324 e. The zero-order valence-corrected chi connectivity index (χ0v) is 12.1. The Morgan fingerprint density at radius 2 is 1.95 bits per heavy atom. The molecule has 1 aliphatic rings. The molecular formula is C16H20O4. The lowest BCUT2D eigenvalue weighted by Crippen LogP contribution is -2.40. The van der Waals surface area contributed by atoms with E-state index >= 15 is 0 Å². The van der Waals surface area contributed by atoms with E-state index in [1.807, 2.05) is 44.2 Å². The van der Waals surface area contributed by atoms with Gasteiger partial charge in [-0.2, -0.15) is 0 Å². The van der Waals surface area contributed by atoms with Crippen LogP contribution in [0.15, 0.2) is 30.3 Å². The van der Waals surface area contributed by atoms with Gasteiger partial charge in [-0.3, -0.25) is 9.59 Å². The predicted molar refractivity (Wildman–Crippen MR) is 74.0 cm³/mol. The molecule has 1 aliphatic heterocycles. The van der Waals surface area contributed by atoms with E-state index < -0.39 is 23.0 Å². The Morgan fingerprint density at radius 1 is 1.30 bits per heavy atom. The second-order valence-electron chi connectivity index (χ2n) is 5.79. The van der Waals surface area contributed by atoms with Gasteiger partial charge in [0.25, 0.3) is 0 Å². The van der Waals surface area contributed by atoms with Crippen molar-refractivity contribution in [2.75, 3.05) is 6.61 Å².